The number of carbonyl (C=O) groups excluding carboxylic acids is 1. The third kappa shape index (κ3) is 3.41. The van der Waals surface area contributed by atoms with Crippen LogP contribution >= 0.6 is 0 Å². The third-order valence-corrected chi connectivity index (χ3v) is 4.35. The minimum Gasteiger partial charge on any atom is -0.350 e. The molecule has 0 unspecified atom stereocenters. The van der Waals surface area contributed by atoms with Crippen LogP contribution in [0.3, 0.4) is 0 Å². The minimum atomic E-state index is -0.391. The first-order valence-electron chi connectivity index (χ1n) is 8.85. The van der Waals surface area contributed by atoms with E-state index in [1.165, 1.54) is 10.7 Å². The zero-order chi connectivity index (χ0) is 19.7. The number of nitrogens with zero attached hydrogens (tertiary/aromatic N) is 4. The first-order chi connectivity index (χ1) is 13.5. The van der Waals surface area contributed by atoms with E-state index in [9.17, 15) is 9.59 Å². The fraction of sp³-hybridized carbons (Fsp3) is 0.211. The van der Waals surface area contributed by atoms with E-state index in [2.05, 4.69) is 30.4 Å². The Morgan fingerprint density at radius 2 is 2.00 bits per heavy atom. The maximum atomic E-state index is 12.4. The average molecular weight is 377 g/mol. The molecule has 0 aromatic carbocycles. The van der Waals surface area contributed by atoms with Crippen LogP contribution < -0.4 is 10.9 Å². The first-order valence-corrected chi connectivity index (χ1v) is 8.85. The normalized spacial score (nSPS) is 11.1. The molecule has 9 nitrogen and oxygen atoms in total. The Morgan fingerprint density at radius 1 is 1.21 bits per heavy atom. The molecule has 28 heavy (non-hydrogen) atoms. The van der Waals surface area contributed by atoms with E-state index >= 15 is 0 Å². The van der Waals surface area contributed by atoms with Crippen molar-refractivity contribution in [3.8, 4) is 5.95 Å². The van der Waals surface area contributed by atoms with Crippen molar-refractivity contribution in [2.45, 2.75) is 20.3 Å². The van der Waals surface area contributed by atoms with Crippen molar-refractivity contribution in [3.63, 3.8) is 0 Å². The molecular formula is C19H19N7O2. The van der Waals surface area contributed by atoms with Gasteiger partial charge in [-0.15, -0.1) is 0 Å². The zero-order valence-corrected chi connectivity index (χ0v) is 15.5. The van der Waals surface area contributed by atoms with Crippen molar-refractivity contribution in [3.05, 3.63) is 69.7 Å². The molecule has 9 heteroatoms. The van der Waals surface area contributed by atoms with E-state index in [1.807, 2.05) is 38.2 Å². The molecule has 0 spiro atoms. The van der Waals surface area contributed by atoms with Gasteiger partial charge in [0, 0.05) is 41.8 Å². The fourth-order valence-corrected chi connectivity index (χ4v) is 3.09. The second-order valence-electron chi connectivity index (χ2n) is 6.51. The monoisotopic (exact) mass is 377 g/mol. The third-order valence-electron chi connectivity index (χ3n) is 4.35. The molecule has 0 fully saturated rings. The van der Waals surface area contributed by atoms with Gasteiger partial charge >= 0.3 is 0 Å². The molecule has 0 atom stereocenters. The summed E-state index contributed by atoms with van der Waals surface area (Å²) in [6, 6.07) is 6.91. The lowest BCUT2D eigenvalue weighted by Gasteiger charge is -2.04. The molecule has 1 amide bonds. The highest BCUT2D eigenvalue weighted by Crippen LogP contribution is 2.15. The second-order valence-corrected chi connectivity index (χ2v) is 6.51. The van der Waals surface area contributed by atoms with Crippen LogP contribution in [-0.4, -0.2) is 42.2 Å². The number of amides is 1. The number of H-pyrrole nitrogens is 2. The van der Waals surface area contributed by atoms with Crippen molar-refractivity contribution < 1.29 is 4.79 Å². The number of aryl methyl sites for hydroxylation is 2. The van der Waals surface area contributed by atoms with Gasteiger partial charge in [-0.05, 0) is 44.0 Å². The van der Waals surface area contributed by atoms with E-state index in [1.54, 1.807) is 6.20 Å². The summed E-state index contributed by atoms with van der Waals surface area (Å²) in [5.74, 6) is -0.147. The van der Waals surface area contributed by atoms with Crippen molar-refractivity contribution in [2.75, 3.05) is 6.54 Å². The van der Waals surface area contributed by atoms with Crippen LogP contribution in [0.1, 0.15) is 27.4 Å². The number of aromatic amines is 2. The van der Waals surface area contributed by atoms with Crippen LogP contribution in [0.15, 0.2) is 41.5 Å². The molecule has 0 saturated heterocycles. The minimum absolute atomic E-state index is 0.161. The van der Waals surface area contributed by atoms with Gasteiger partial charge in [0.25, 0.3) is 17.4 Å². The number of rotatable bonds is 5. The van der Waals surface area contributed by atoms with Crippen LogP contribution in [0.25, 0.3) is 17.0 Å². The Kier molecular flexibility index (Phi) is 4.48. The Balaban J connectivity index is 1.46. The predicted octanol–water partition coefficient (Wildman–Crippen LogP) is 1.42. The standard InChI is InChI=1S/C19H19N7O2/c1-11-8-12(2)24-19(23-11)26-16(27)9-15(25-26)18(28)21-7-5-13-10-22-17-14(13)4-3-6-20-17/h3-4,6,8-10,25H,5,7H2,1-2H3,(H,20,22)(H,21,28). The molecule has 0 radical (unpaired) electrons. The Labute approximate surface area is 159 Å². The van der Waals surface area contributed by atoms with Gasteiger partial charge in [0.1, 0.15) is 11.3 Å². The number of pyridine rings is 1. The highest BCUT2D eigenvalue weighted by molar-refractivity contribution is 5.92. The molecule has 142 valence electrons. The van der Waals surface area contributed by atoms with E-state index in [4.69, 9.17) is 0 Å². The number of carbonyl (C=O) groups is 1. The Morgan fingerprint density at radius 3 is 2.79 bits per heavy atom. The summed E-state index contributed by atoms with van der Waals surface area (Å²) >= 11 is 0. The lowest BCUT2D eigenvalue weighted by molar-refractivity contribution is 0.0948. The lowest BCUT2D eigenvalue weighted by atomic mass is 10.1. The Bertz CT molecular complexity index is 1200. The summed E-state index contributed by atoms with van der Waals surface area (Å²) in [6.07, 6.45) is 4.26. The van der Waals surface area contributed by atoms with E-state index in [0.29, 0.717) is 13.0 Å². The predicted molar refractivity (Wildman–Crippen MR) is 104 cm³/mol. The van der Waals surface area contributed by atoms with Crippen LogP contribution in [-0.2, 0) is 6.42 Å². The number of aromatic nitrogens is 6. The summed E-state index contributed by atoms with van der Waals surface area (Å²) in [6.45, 7) is 4.06. The van der Waals surface area contributed by atoms with Crippen molar-refractivity contribution >= 4 is 16.9 Å². The molecule has 4 aromatic rings. The average Bonchev–Trinajstić information content (AvgIpc) is 3.25. The maximum Gasteiger partial charge on any atom is 0.274 e. The van der Waals surface area contributed by atoms with Gasteiger partial charge in [-0.25, -0.2) is 15.0 Å². The quantitative estimate of drug-likeness (QED) is 0.486. The van der Waals surface area contributed by atoms with Gasteiger partial charge in [-0.1, -0.05) is 0 Å². The first kappa shape index (κ1) is 17.7. The van der Waals surface area contributed by atoms with Gasteiger partial charge in [0.05, 0.1) is 0 Å². The molecule has 0 aliphatic heterocycles. The summed E-state index contributed by atoms with van der Waals surface area (Å²) in [5.41, 5.74) is 3.13. The summed E-state index contributed by atoms with van der Waals surface area (Å²) in [4.78, 5) is 40.5. The molecule has 3 N–H and O–H groups in total. The molecule has 0 aliphatic rings. The number of hydrogen-bond donors (Lipinski definition) is 3. The van der Waals surface area contributed by atoms with Gasteiger partial charge in [-0.2, -0.15) is 4.68 Å². The van der Waals surface area contributed by atoms with Crippen LogP contribution in [0, 0.1) is 13.8 Å². The summed E-state index contributed by atoms with van der Waals surface area (Å²) < 4.78 is 1.17. The van der Waals surface area contributed by atoms with Crippen LogP contribution in [0.2, 0.25) is 0 Å². The van der Waals surface area contributed by atoms with E-state index in [-0.39, 0.29) is 17.5 Å². The van der Waals surface area contributed by atoms with Gasteiger partial charge < -0.3 is 10.3 Å². The molecule has 4 heterocycles. The number of fused-ring (bicyclic) bond motifs is 1. The summed E-state index contributed by atoms with van der Waals surface area (Å²) in [5, 5.41) is 6.63. The molecular weight excluding hydrogens is 358 g/mol. The highest BCUT2D eigenvalue weighted by atomic mass is 16.2. The summed E-state index contributed by atoms with van der Waals surface area (Å²) in [7, 11) is 0. The molecule has 0 bridgehead atoms. The van der Waals surface area contributed by atoms with E-state index in [0.717, 1.165) is 28.0 Å². The molecule has 4 rings (SSSR count). The van der Waals surface area contributed by atoms with Gasteiger partial charge in [0.2, 0.25) is 0 Å². The SMILES string of the molecule is Cc1cc(C)nc(-n2[nH]c(C(=O)NCCc3c[nH]c4ncccc34)cc2=O)n1. The smallest absolute Gasteiger partial charge is 0.274 e. The lowest BCUT2D eigenvalue weighted by Crippen LogP contribution is -2.26. The Hall–Kier alpha value is -3.75. The molecule has 4 aromatic heterocycles. The zero-order valence-electron chi connectivity index (χ0n) is 15.5. The second kappa shape index (κ2) is 7.10. The number of hydrogen-bond acceptors (Lipinski definition) is 5. The van der Waals surface area contributed by atoms with Crippen molar-refractivity contribution in [1.82, 2.24) is 35.0 Å². The fourth-order valence-electron chi connectivity index (χ4n) is 3.09. The largest absolute Gasteiger partial charge is 0.350 e. The molecule has 0 saturated carbocycles. The highest BCUT2D eigenvalue weighted by Gasteiger charge is 2.14. The van der Waals surface area contributed by atoms with E-state index < -0.39 is 5.56 Å². The van der Waals surface area contributed by atoms with Crippen molar-refractivity contribution in [2.24, 2.45) is 0 Å². The molecule has 0 aliphatic carbocycles. The number of nitrogens with one attached hydrogen (secondary N) is 3. The van der Waals surface area contributed by atoms with Gasteiger partial charge in [0.15, 0.2) is 0 Å². The van der Waals surface area contributed by atoms with Gasteiger partial charge in [-0.3, -0.25) is 14.7 Å². The van der Waals surface area contributed by atoms with Crippen LogP contribution in [0.4, 0.5) is 0 Å². The van der Waals surface area contributed by atoms with Crippen LogP contribution in [0.5, 0.6) is 0 Å². The maximum absolute atomic E-state index is 12.4. The topological polar surface area (TPSA) is 121 Å². The van der Waals surface area contributed by atoms with Crippen molar-refractivity contribution in [1.29, 1.82) is 0 Å².